The van der Waals surface area contributed by atoms with Crippen LogP contribution in [-0.2, 0) is 0 Å². The van der Waals surface area contributed by atoms with Gasteiger partial charge in [-0.25, -0.2) is 0 Å². The molecule has 16 heavy (non-hydrogen) atoms. The second-order valence-corrected chi connectivity index (χ2v) is 4.23. The molecule has 0 aromatic carbocycles. The minimum atomic E-state index is -0.187. The number of carbonyl (C=O) groups is 1. The van der Waals surface area contributed by atoms with Gasteiger partial charge in [0.05, 0.1) is 17.9 Å². The topological polar surface area (TPSA) is 75.1 Å². The summed E-state index contributed by atoms with van der Waals surface area (Å²) in [6.07, 6.45) is 4.25. The van der Waals surface area contributed by atoms with Crippen molar-refractivity contribution in [2.75, 3.05) is 13.2 Å². The van der Waals surface area contributed by atoms with Crippen molar-refractivity contribution in [2.45, 2.75) is 26.2 Å². The Morgan fingerprint density at radius 2 is 2.44 bits per heavy atom. The van der Waals surface area contributed by atoms with Crippen molar-refractivity contribution in [1.82, 2.24) is 14.1 Å². The molecule has 1 unspecified atom stereocenters. The molecule has 0 aliphatic carbocycles. The second-order valence-electron chi connectivity index (χ2n) is 3.67. The molecule has 0 fully saturated rings. The molecule has 1 atom stereocenters. The minimum Gasteiger partial charge on any atom is -0.396 e. The first-order valence-corrected chi connectivity index (χ1v) is 6.17. The van der Waals surface area contributed by atoms with Crippen LogP contribution in [-0.4, -0.2) is 32.9 Å². The van der Waals surface area contributed by atoms with Crippen molar-refractivity contribution >= 4 is 17.6 Å². The molecule has 0 spiro atoms. The number of hydrogen-bond donors (Lipinski definition) is 2. The maximum atomic E-state index is 11.5. The number of aromatic nitrogens is 2. The van der Waals surface area contributed by atoms with E-state index in [0.29, 0.717) is 18.2 Å². The van der Waals surface area contributed by atoms with E-state index in [1.54, 1.807) is 0 Å². The first-order valence-electron chi connectivity index (χ1n) is 5.44. The lowest BCUT2D eigenvalue weighted by Crippen LogP contribution is -2.29. The molecular weight excluding hydrogens is 226 g/mol. The molecule has 5 nitrogen and oxygen atoms in total. The van der Waals surface area contributed by atoms with Crippen molar-refractivity contribution in [3.8, 4) is 0 Å². The van der Waals surface area contributed by atoms with Crippen molar-refractivity contribution in [3.63, 3.8) is 0 Å². The Morgan fingerprint density at radius 3 is 3.00 bits per heavy atom. The zero-order chi connectivity index (χ0) is 11.8. The number of rotatable bonds is 7. The van der Waals surface area contributed by atoms with Gasteiger partial charge < -0.3 is 10.4 Å². The Morgan fingerprint density at radius 1 is 1.62 bits per heavy atom. The lowest BCUT2D eigenvalue weighted by Gasteiger charge is -2.14. The summed E-state index contributed by atoms with van der Waals surface area (Å²) in [6, 6.07) is 0. The number of aliphatic hydroxyl groups excluding tert-OH is 1. The molecule has 0 saturated heterocycles. The number of nitrogens with zero attached hydrogens (tertiary/aromatic N) is 2. The molecule has 1 rings (SSSR count). The van der Waals surface area contributed by atoms with Gasteiger partial charge in [0.15, 0.2) is 5.69 Å². The molecule has 0 bridgehead atoms. The Kier molecular flexibility index (Phi) is 5.95. The molecule has 1 amide bonds. The highest BCUT2D eigenvalue weighted by atomic mass is 32.1. The van der Waals surface area contributed by atoms with E-state index in [4.69, 9.17) is 5.11 Å². The van der Waals surface area contributed by atoms with Crippen LogP contribution in [0.5, 0.6) is 0 Å². The maximum absolute atomic E-state index is 11.5. The third-order valence-corrected chi connectivity index (χ3v) is 2.86. The lowest BCUT2D eigenvalue weighted by molar-refractivity contribution is 0.0939. The van der Waals surface area contributed by atoms with Gasteiger partial charge in [0, 0.05) is 13.2 Å². The first kappa shape index (κ1) is 13.1. The predicted octanol–water partition coefficient (Wildman–Crippen LogP) is 1.07. The standard InChI is InChI=1S/C10H17N3O2S/c1-2-3-8(4-5-14)6-11-10(15)9-7-12-16-13-9/h7-8,14H,2-6H2,1H3,(H,11,15). The van der Waals surface area contributed by atoms with Gasteiger partial charge in [0.25, 0.3) is 5.91 Å². The number of hydrogen-bond acceptors (Lipinski definition) is 5. The monoisotopic (exact) mass is 243 g/mol. The smallest absolute Gasteiger partial charge is 0.272 e. The van der Waals surface area contributed by atoms with Crippen LogP contribution in [0.1, 0.15) is 36.7 Å². The zero-order valence-electron chi connectivity index (χ0n) is 9.35. The van der Waals surface area contributed by atoms with Gasteiger partial charge in [-0.1, -0.05) is 13.3 Å². The van der Waals surface area contributed by atoms with Crippen LogP contribution in [0, 0.1) is 5.92 Å². The summed E-state index contributed by atoms with van der Waals surface area (Å²) in [6.45, 7) is 2.85. The van der Waals surface area contributed by atoms with Gasteiger partial charge in [-0.3, -0.25) is 4.79 Å². The number of amides is 1. The van der Waals surface area contributed by atoms with Crippen LogP contribution in [0.2, 0.25) is 0 Å². The average molecular weight is 243 g/mol. The van der Waals surface area contributed by atoms with E-state index in [1.807, 2.05) is 0 Å². The maximum Gasteiger partial charge on any atom is 0.272 e. The highest BCUT2D eigenvalue weighted by molar-refractivity contribution is 6.99. The highest BCUT2D eigenvalue weighted by Gasteiger charge is 2.12. The van der Waals surface area contributed by atoms with E-state index >= 15 is 0 Å². The summed E-state index contributed by atoms with van der Waals surface area (Å²) in [5, 5.41) is 11.7. The van der Waals surface area contributed by atoms with Gasteiger partial charge in [-0.2, -0.15) is 8.75 Å². The van der Waals surface area contributed by atoms with Crippen LogP contribution in [0.15, 0.2) is 6.20 Å². The predicted molar refractivity (Wildman–Crippen MR) is 62.3 cm³/mol. The Bertz CT molecular complexity index is 297. The average Bonchev–Trinajstić information content (AvgIpc) is 2.79. The molecule has 0 aliphatic rings. The van der Waals surface area contributed by atoms with Gasteiger partial charge in [0.2, 0.25) is 0 Å². The molecule has 0 saturated carbocycles. The van der Waals surface area contributed by atoms with Gasteiger partial charge in [0.1, 0.15) is 0 Å². The van der Waals surface area contributed by atoms with Crippen LogP contribution >= 0.6 is 11.7 Å². The van der Waals surface area contributed by atoms with Crippen LogP contribution in [0.25, 0.3) is 0 Å². The second kappa shape index (κ2) is 7.29. The largest absolute Gasteiger partial charge is 0.396 e. The molecular formula is C10H17N3O2S. The summed E-state index contributed by atoms with van der Waals surface area (Å²) < 4.78 is 7.63. The normalized spacial score (nSPS) is 12.4. The van der Waals surface area contributed by atoms with Gasteiger partial charge in [-0.05, 0) is 18.8 Å². The SMILES string of the molecule is CCCC(CCO)CNC(=O)c1cnsn1. The summed E-state index contributed by atoms with van der Waals surface area (Å²) in [7, 11) is 0. The minimum absolute atomic E-state index is 0.165. The van der Waals surface area contributed by atoms with Crippen LogP contribution < -0.4 is 5.32 Å². The molecule has 1 aromatic rings. The van der Waals surface area contributed by atoms with E-state index in [-0.39, 0.29) is 12.5 Å². The van der Waals surface area contributed by atoms with Gasteiger partial charge in [-0.15, -0.1) is 0 Å². The fourth-order valence-electron chi connectivity index (χ4n) is 1.53. The quantitative estimate of drug-likeness (QED) is 0.751. The van der Waals surface area contributed by atoms with Crippen molar-refractivity contribution in [2.24, 2.45) is 5.92 Å². The van der Waals surface area contributed by atoms with Crippen molar-refractivity contribution in [1.29, 1.82) is 0 Å². The Balaban J connectivity index is 2.34. The Labute approximate surface area is 99.2 Å². The molecule has 2 N–H and O–H groups in total. The molecule has 0 aliphatic heterocycles. The lowest BCUT2D eigenvalue weighted by atomic mass is 10.0. The van der Waals surface area contributed by atoms with E-state index in [2.05, 4.69) is 21.0 Å². The molecule has 6 heteroatoms. The summed E-state index contributed by atoms with van der Waals surface area (Å²) in [5.74, 6) is 0.151. The summed E-state index contributed by atoms with van der Waals surface area (Å²) in [5.41, 5.74) is 0.365. The van der Waals surface area contributed by atoms with E-state index in [1.165, 1.54) is 6.20 Å². The first-order chi connectivity index (χ1) is 7.77. The molecule has 1 aromatic heterocycles. The van der Waals surface area contributed by atoms with E-state index in [0.717, 1.165) is 31.0 Å². The fraction of sp³-hybridized carbons (Fsp3) is 0.700. The van der Waals surface area contributed by atoms with Gasteiger partial charge >= 0.3 is 0 Å². The van der Waals surface area contributed by atoms with E-state index in [9.17, 15) is 4.79 Å². The third-order valence-electron chi connectivity index (χ3n) is 2.38. The summed E-state index contributed by atoms with van der Waals surface area (Å²) >= 11 is 1.02. The van der Waals surface area contributed by atoms with Crippen LogP contribution in [0.4, 0.5) is 0 Å². The van der Waals surface area contributed by atoms with Crippen molar-refractivity contribution in [3.05, 3.63) is 11.9 Å². The van der Waals surface area contributed by atoms with Crippen LogP contribution in [0.3, 0.4) is 0 Å². The number of nitrogens with one attached hydrogen (secondary N) is 1. The Hall–Kier alpha value is -1.01. The highest BCUT2D eigenvalue weighted by Crippen LogP contribution is 2.09. The summed E-state index contributed by atoms with van der Waals surface area (Å²) in [4.78, 5) is 11.5. The molecule has 1 heterocycles. The zero-order valence-corrected chi connectivity index (χ0v) is 10.2. The molecule has 90 valence electrons. The fourth-order valence-corrected chi connectivity index (χ4v) is 1.94. The number of carbonyl (C=O) groups excluding carboxylic acids is 1. The third kappa shape index (κ3) is 4.24. The number of aliphatic hydroxyl groups is 1. The van der Waals surface area contributed by atoms with Crippen molar-refractivity contribution < 1.29 is 9.90 Å². The molecule has 0 radical (unpaired) electrons. The van der Waals surface area contributed by atoms with E-state index < -0.39 is 0 Å².